The lowest BCUT2D eigenvalue weighted by atomic mass is 10.2. The predicted octanol–water partition coefficient (Wildman–Crippen LogP) is 3.23. The summed E-state index contributed by atoms with van der Waals surface area (Å²) < 4.78 is 62.9. The molecule has 90 valence electrons. The first-order chi connectivity index (χ1) is 7.20. The summed E-state index contributed by atoms with van der Waals surface area (Å²) in [4.78, 5) is 3.16. The summed E-state index contributed by atoms with van der Waals surface area (Å²) in [5.74, 6) is -1.89. The van der Waals surface area contributed by atoms with Gasteiger partial charge in [0, 0.05) is 6.07 Å². The van der Waals surface area contributed by atoms with Crippen LogP contribution in [0.15, 0.2) is 6.07 Å². The van der Waals surface area contributed by atoms with Gasteiger partial charge in [0.2, 0.25) is 5.88 Å². The van der Waals surface area contributed by atoms with Gasteiger partial charge >= 0.3 is 6.36 Å². The molecule has 0 bridgehead atoms. The number of rotatable bonds is 2. The number of pyridine rings is 1. The quantitative estimate of drug-likeness (QED) is 0.503. The van der Waals surface area contributed by atoms with Crippen molar-refractivity contribution in [2.45, 2.75) is 12.8 Å². The maximum atomic E-state index is 12.3. The van der Waals surface area contributed by atoms with E-state index in [1.165, 1.54) is 22.6 Å². The SMILES string of the molecule is Oc1c(C(F)F)cc(OC(F)(F)F)nc1I. The highest BCUT2D eigenvalue weighted by molar-refractivity contribution is 14.1. The Labute approximate surface area is 99.4 Å². The molecular formula is C7H3F5INO2. The molecule has 16 heavy (non-hydrogen) atoms. The first-order valence-electron chi connectivity index (χ1n) is 3.64. The van der Waals surface area contributed by atoms with E-state index in [0.717, 1.165) is 0 Å². The summed E-state index contributed by atoms with van der Waals surface area (Å²) in [6, 6.07) is 0.343. The van der Waals surface area contributed by atoms with Gasteiger partial charge in [0.25, 0.3) is 6.43 Å². The average molecular weight is 355 g/mol. The molecule has 0 aromatic carbocycles. The van der Waals surface area contributed by atoms with Crippen LogP contribution in [0.2, 0.25) is 0 Å². The van der Waals surface area contributed by atoms with E-state index in [1.54, 1.807) is 0 Å². The van der Waals surface area contributed by atoms with Crippen molar-refractivity contribution in [3.05, 3.63) is 15.3 Å². The van der Waals surface area contributed by atoms with E-state index in [0.29, 0.717) is 6.07 Å². The number of aromatic nitrogens is 1. The summed E-state index contributed by atoms with van der Waals surface area (Å²) in [6.45, 7) is 0. The van der Waals surface area contributed by atoms with E-state index in [-0.39, 0.29) is 0 Å². The van der Waals surface area contributed by atoms with E-state index in [2.05, 4.69) is 9.72 Å². The summed E-state index contributed by atoms with van der Waals surface area (Å²) in [6.07, 6.45) is -8.14. The number of hydrogen-bond donors (Lipinski definition) is 1. The Morgan fingerprint density at radius 1 is 1.38 bits per heavy atom. The van der Waals surface area contributed by atoms with Crippen molar-refractivity contribution in [2.24, 2.45) is 0 Å². The second kappa shape index (κ2) is 4.55. The van der Waals surface area contributed by atoms with E-state index in [1.807, 2.05) is 0 Å². The Morgan fingerprint density at radius 2 is 1.94 bits per heavy atom. The number of nitrogens with zero attached hydrogens (tertiary/aromatic N) is 1. The number of hydrogen-bond acceptors (Lipinski definition) is 3. The molecule has 0 saturated carbocycles. The van der Waals surface area contributed by atoms with Crippen LogP contribution in [0.5, 0.6) is 11.6 Å². The molecule has 0 saturated heterocycles. The van der Waals surface area contributed by atoms with Crippen LogP contribution >= 0.6 is 22.6 Å². The van der Waals surface area contributed by atoms with Gasteiger partial charge in [0.05, 0.1) is 5.56 Å². The van der Waals surface area contributed by atoms with Crippen LogP contribution in [0.1, 0.15) is 12.0 Å². The first kappa shape index (κ1) is 13.2. The minimum atomic E-state index is -5.02. The second-order valence-electron chi connectivity index (χ2n) is 2.54. The predicted molar refractivity (Wildman–Crippen MR) is 50.3 cm³/mol. The fourth-order valence-corrected chi connectivity index (χ4v) is 1.39. The van der Waals surface area contributed by atoms with Crippen LogP contribution in [-0.2, 0) is 0 Å². The Balaban J connectivity index is 3.14. The summed E-state index contributed by atoms with van der Waals surface area (Å²) in [5, 5.41) is 9.10. The zero-order valence-electron chi connectivity index (χ0n) is 7.23. The monoisotopic (exact) mass is 355 g/mol. The molecule has 0 aliphatic carbocycles. The summed E-state index contributed by atoms with van der Waals surface area (Å²) in [5.41, 5.74) is -0.960. The lowest BCUT2D eigenvalue weighted by Gasteiger charge is -2.11. The molecule has 9 heteroatoms. The molecule has 1 heterocycles. The van der Waals surface area contributed by atoms with Gasteiger partial charge in [-0.1, -0.05) is 0 Å². The molecule has 1 aromatic rings. The Kier molecular flexibility index (Phi) is 3.76. The van der Waals surface area contributed by atoms with Crippen LogP contribution in [0.3, 0.4) is 0 Å². The van der Waals surface area contributed by atoms with Crippen molar-refractivity contribution in [3.63, 3.8) is 0 Å². The number of halogens is 6. The molecule has 0 radical (unpaired) electrons. The minimum Gasteiger partial charge on any atom is -0.505 e. The van der Waals surface area contributed by atoms with Crippen molar-refractivity contribution < 1.29 is 31.8 Å². The minimum absolute atomic E-state index is 0.343. The van der Waals surface area contributed by atoms with Gasteiger partial charge in [-0.25, -0.2) is 13.8 Å². The highest BCUT2D eigenvalue weighted by atomic mass is 127. The lowest BCUT2D eigenvalue weighted by molar-refractivity contribution is -0.276. The van der Waals surface area contributed by atoms with Crippen LogP contribution < -0.4 is 4.74 Å². The number of aromatic hydroxyl groups is 1. The van der Waals surface area contributed by atoms with Crippen molar-refractivity contribution in [2.75, 3.05) is 0 Å². The Hall–Kier alpha value is -0.870. The molecule has 0 aliphatic rings. The Morgan fingerprint density at radius 3 is 2.38 bits per heavy atom. The third kappa shape index (κ3) is 3.32. The van der Waals surface area contributed by atoms with Crippen LogP contribution in [0.25, 0.3) is 0 Å². The van der Waals surface area contributed by atoms with E-state index < -0.39 is 33.7 Å². The highest BCUT2D eigenvalue weighted by Crippen LogP contribution is 2.34. The standard InChI is InChI=1S/C7H3F5INO2/c8-5(9)2-1-3(16-7(10,11)12)14-6(13)4(2)15/h1,5,15H. The van der Waals surface area contributed by atoms with E-state index >= 15 is 0 Å². The van der Waals surface area contributed by atoms with Crippen LogP contribution in [0, 0.1) is 3.70 Å². The van der Waals surface area contributed by atoms with Crippen molar-refractivity contribution >= 4 is 22.6 Å². The molecule has 0 amide bonds. The van der Waals surface area contributed by atoms with Crippen molar-refractivity contribution in [3.8, 4) is 11.6 Å². The zero-order chi connectivity index (χ0) is 12.5. The van der Waals surface area contributed by atoms with Crippen molar-refractivity contribution in [1.29, 1.82) is 0 Å². The largest absolute Gasteiger partial charge is 0.574 e. The normalized spacial score (nSPS) is 11.9. The topological polar surface area (TPSA) is 42.4 Å². The lowest BCUT2D eigenvalue weighted by Crippen LogP contribution is -2.18. The number of ether oxygens (including phenoxy) is 1. The molecule has 1 N–H and O–H groups in total. The molecule has 0 atom stereocenters. The van der Waals surface area contributed by atoms with Crippen LogP contribution in [0.4, 0.5) is 22.0 Å². The van der Waals surface area contributed by atoms with Gasteiger partial charge in [-0.05, 0) is 22.6 Å². The third-order valence-electron chi connectivity index (χ3n) is 1.41. The maximum Gasteiger partial charge on any atom is 0.574 e. The van der Waals surface area contributed by atoms with Gasteiger partial charge in [0.1, 0.15) is 3.70 Å². The molecule has 1 rings (SSSR count). The highest BCUT2D eigenvalue weighted by Gasteiger charge is 2.33. The van der Waals surface area contributed by atoms with Gasteiger partial charge in [-0.3, -0.25) is 0 Å². The van der Waals surface area contributed by atoms with Gasteiger partial charge < -0.3 is 9.84 Å². The van der Waals surface area contributed by atoms with E-state index in [9.17, 15) is 22.0 Å². The zero-order valence-corrected chi connectivity index (χ0v) is 9.38. The third-order valence-corrected chi connectivity index (χ3v) is 2.16. The smallest absolute Gasteiger partial charge is 0.505 e. The molecule has 0 unspecified atom stereocenters. The summed E-state index contributed by atoms with van der Waals surface area (Å²) >= 11 is 1.32. The first-order valence-corrected chi connectivity index (χ1v) is 4.72. The van der Waals surface area contributed by atoms with Crippen molar-refractivity contribution in [1.82, 2.24) is 4.98 Å². The summed E-state index contributed by atoms with van der Waals surface area (Å²) in [7, 11) is 0. The fraction of sp³-hybridized carbons (Fsp3) is 0.286. The van der Waals surface area contributed by atoms with Gasteiger partial charge in [0.15, 0.2) is 5.75 Å². The molecule has 1 aromatic heterocycles. The molecule has 3 nitrogen and oxygen atoms in total. The molecule has 0 spiro atoms. The maximum absolute atomic E-state index is 12.3. The number of alkyl halides is 5. The molecule has 0 aliphatic heterocycles. The van der Waals surface area contributed by atoms with Crippen LogP contribution in [-0.4, -0.2) is 16.5 Å². The molecular weight excluding hydrogens is 352 g/mol. The van der Waals surface area contributed by atoms with Gasteiger partial charge in [-0.15, -0.1) is 13.2 Å². The average Bonchev–Trinajstić information content (AvgIpc) is 2.07. The second-order valence-corrected chi connectivity index (χ2v) is 3.56. The fourth-order valence-electron chi connectivity index (χ4n) is 0.840. The molecule has 0 fully saturated rings. The van der Waals surface area contributed by atoms with Gasteiger partial charge in [-0.2, -0.15) is 0 Å². The van der Waals surface area contributed by atoms with E-state index in [4.69, 9.17) is 5.11 Å². The Bertz CT molecular complexity index is 395.